The smallest absolute Gasteiger partial charge is 0.360 e. The summed E-state index contributed by atoms with van der Waals surface area (Å²) in [5.74, 6) is -0.0501. The number of benzene rings is 2. The molecule has 0 saturated heterocycles. The van der Waals surface area contributed by atoms with Crippen molar-refractivity contribution < 1.29 is 9.53 Å². The van der Waals surface area contributed by atoms with Crippen molar-refractivity contribution in [2.24, 2.45) is 0 Å². The summed E-state index contributed by atoms with van der Waals surface area (Å²) in [7, 11) is 0. The van der Waals surface area contributed by atoms with E-state index in [9.17, 15) is 4.79 Å². The highest BCUT2D eigenvalue weighted by Crippen LogP contribution is 2.25. The standard InChI is InChI=1S/C22H25N3O2/c1-6-9-27-22(26)20-21(23-17-8-7-13(2)14(3)10-17)25-19-12-16(5)15(4)11-18(19)24-20/h7-8,10-12H,6,9H2,1-5H3,(H,23,25). The second-order valence-corrected chi connectivity index (χ2v) is 6.91. The van der Waals surface area contributed by atoms with Crippen molar-refractivity contribution in [2.45, 2.75) is 41.0 Å². The van der Waals surface area contributed by atoms with E-state index in [2.05, 4.69) is 29.1 Å². The van der Waals surface area contributed by atoms with Crippen LogP contribution in [0, 0.1) is 27.7 Å². The molecule has 3 aromatic rings. The van der Waals surface area contributed by atoms with Crippen LogP contribution in [0.5, 0.6) is 0 Å². The van der Waals surface area contributed by atoms with Crippen LogP contribution in [0.1, 0.15) is 46.1 Å². The Balaban J connectivity index is 2.10. The third kappa shape index (κ3) is 4.08. The molecule has 0 aliphatic rings. The Morgan fingerprint density at radius 1 is 0.926 bits per heavy atom. The number of nitrogens with zero attached hydrogens (tertiary/aromatic N) is 2. The van der Waals surface area contributed by atoms with Crippen molar-refractivity contribution in [2.75, 3.05) is 11.9 Å². The Hall–Kier alpha value is -2.95. The second kappa shape index (κ2) is 7.74. The van der Waals surface area contributed by atoms with Crippen LogP contribution in [0.25, 0.3) is 11.0 Å². The lowest BCUT2D eigenvalue weighted by molar-refractivity contribution is 0.0499. The summed E-state index contributed by atoms with van der Waals surface area (Å²) < 4.78 is 5.32. The summed E-state index contributed by atoms with van der Waals surface area (Å²) in [5.41, 5.74) is 7.12. The second-order valence-electron chi connectivity index (χ2n) is 6.91. The minimum Gasteiger partial charge on any atom is -0.461 e. The van der Waals surface area contributed by atoms with Gasteiger partial charge in [0.15, 0.2) is 11.5 Å². The molecule has 5 nitrogen and oxygen atoms in total. The molecule has 0 bridgehead atoms. The van der Waals surface area contributed by atoms with Crippen molar-refractivity contribution in [1.29, 1.82) is 0 Å². The summed E-state index contributed by atoms with van der Waals surface area (Å²) in [6.07, 6.45) is 0.755. The van der Waals surface area contributed by atoms with Gasteiger partial charge in [-0.2, -0.15) is 0 Å². The molecule has 3 rings (SSSR count). The largest absolute Gasteiger partial charge is 0.461 e. The van der Waals surface area contributed by atoms with Crippen LogP contribution in [0.2, 0.25) is 0 Å². The fraction of sp³-hybridized carbons (Fsp3) is 0.318. The Labute approximate surface area is 159 Å². The molecule has 0 aliphatic carbocycles. The first-order valence-electron chi connectivity index (χ1n) is 9.19. The van der Waals surface area contributed by atoms with Crippen molar-refractivity contribution in [3.63, 3.8) is 0 Å². The number of rotatable bonds is 5. The van der Waals surface area contributed by atoms with Gasteiger partial charge in [-0.15, -0.1) is 0 Å². The predicted molar refractivity (Wildman–Crippen MR) is 109 cm³/mol. The topological polar surface area (TPSA) is 64.1 Å². The van der Waals surface area contributed by atoms with Crippen LogP contribution < -0.4 is 5.32 Å². The minimum absolute atomic E-state index is 0.206. The number of hydrogen-bond donors (Lipinski definition) is 1. The zero-order valence-electron chi connectivity index (χ0n) is 16.5. The molecule has 5 heteroatoms. The van der Waals surface area contributed by atoms with Crippen molar-refractivity contribution in [3.05, 3.63) is 58.3 Å². The van der Waals surface area contributed by atoms with E-state index in [4.69, 9.17) is 4.74 Å². The summed E-state index contributed by atoms with van der Waals surface area (Å²) in [6.45, 7) is 10.5. The molecule has 2 aromatic carbocycles. The first-order chi connectivity index (χ1) is 12.9. The number of carbonyl (C=O) groups is 1. The molecule has 0 spiro atoms. The average Bonchev–Trinajstić information content (AvgIpc) is 2.63. The third-order valence-electron chi connectivity index (χ3n) is 4.68. The van der Waals surface area contributed by atoms with Crippen molar-refractivity contribution in [3.8, 4) is 0 Å². The molecular formula is C22H25N3O2. The van der Waals surface area contributed by atoms with Crippen LogP contribution in [0.15, 0.2) is 30.3 Å². The number of hydrogen-bond acceptors (Lipinski definition) is 5. The lowest BCUT2D eigenvalue weighted by atomic mass is 10.1. The van der Waals surface area contributed by atoms with Gasteiger partial charge >= 0.3 is 5.97 Å². The van der Waals surface area contributed by atoms with Gasteiger partial charge in [-0.25, -0.2) is 14.8 Å². The molecule has 0 saturated carbocycles. The fourth-order valence-corrected chi connectivity index (χ4v) is 2.76. The summed E-state index contributed by atoms with van der Waals surface area (Å²) in [6, 6.07) is 9.98. The number of carbonyl (C=O) groups excluding carboxylic acids is 1. The van der Waals surface area contributed by atoms with Crippen molar-refractivity contribution in [1.82, 2.24) is 9.97 Å². The molecule has 0 unspecified atom stereocenters. The van der Waals surface area contributed by atoms with Gasteiger partial charge in [-0.3, -0.25) is 0 Å². The van der Waals surface area contributed by atoms with E-state index in [1.54, 1.807) is 0 Å². The molecule has 0 aliphatic heterocycles. The Kier molecular flexibility index (Phi) is 5.40. The Morgan fingerprint density at radius 3 is 2.19 bits per heavy atom. The van der Waals surface area contributed by atoms with E-state index in [1.165, 1.54) is 5.56 Å². The molecule has 0 radical (unpaired) electrons. The maximum Gasteiger partial charge on any atom is 0.360 e. The molecule has 27 heavy (non-hydrogen) atoms. The number of aryl methyl sites for hydroxylation is 4. The predicted octanol–water partition coefficient (Wildman–Crippen LogP) is 5.17. The highest BCUT2D eigenvalue weighted by molar-refractivity contribution is 5.96. The quantitative estimate of drug-likeness (QED) is 0.633. The molecule has 140 valence electrons. The molecule has 1 aromatic heterocycles. The number of aromatic nitrogens is 2. The fourth-order valence-electron chi connectivity index (χ4n) is 2.76. The number of esters is 1. The number of nitrogens with one attached hydrogen (secondary N) is 1. The lowest BCUT2D eigenvalue weighted by Gasteiger charge is -2.13. The zero-order valence-corrected chi connectivity index (χ0v) is 16.5. The van der Waals surface area contributed by atoms with E-state index in [0.29, 0.717) is 17.9 Å². The van der Waals surface area contributed by atoms with Crippen LogP contribution in [-0.4, -0.2) is 22.5 Å². The van der Waals surface area contributed by atoms with Gasteiger partial charge in [0.1, 0.15) is 0 Å². The SMILES string of the molecule is CCCOC(=O)c1nc2cc(C)c(C)cc2nc1Nc1ccc(C)c(C)c1. The monoisotopic (exact) mass is 363 g/mol. The molecule has 0 amide bonds. The van der Waals surface area contributed by atoms with Crippen LogP contribution in [-0.2, 0) is 4.74 Å². The highest BCUT2D eigenvalue weighted by Gasteiger charge is 2.19. The van der Waals surface area contributed by atoms with Crippen molar-refractivity contribution >= 4 is 28.5 Å². The average molecular weight is 363 g/mol. The lowest BCUT2D eigenvalue weighted by Crippen LogP contribution is -2.13. The highest BCUT2D eigenvalue weighted by atomic mass is 16.5. The van der Waals surface area contributed by atoms with Gasteiger partial charge in [0.25, 0.3) is 0 Å². The maximum absolute atomic E-state index is 12.6. The number of fused-ring (bicyclic) bond motifs is 1. The maximum atomic E-state index is 12.6. The van der Waals surface area contributed by atoms with Crippen LogP contribution >= 0.6 is 0 Å². The summed E-state index contributed by atoms with van der Waals surface area (Å²) in [4.78, 5) is 21.8. The Bertz CT molecular complexity index is 1010. The molecular weight excluding hydrogens is 338 g/mol. The van der Waals surface area contributed by atoms with Gasteiger partial charge in [0.2, 0.25) is 0 Å². The van der Waals surface area contributed by atoms with E-state index < -0.39 is 5.97 Å². The van der Waals surface area contributed by atoms with E-state index in [0.717, 1.165) is 34.3 Å². The third-order valence-corrected chi connectivity index (χ3v) is 4.68. The van der Waals surface area contributed by atoms with Gasteiger partial charge < -0.3 is 10.1 Å². The van der Waals surface area contributed by atoms with E-state index in [1.807, 2.05) is 51.1 Å². The van der Waals surface area contributed by atoms with Crippen LogP contribution in [0.4, 0.5) is 11.5 Å². The summed E-state index contributed by atoms with van der Waals surface area (Å²) >= 11 is 0. The van der Waals surface area contributed by atoms with Gasteiger partial charge in [0.05, 0.1) is 17.6 Å². The molecule has 0 atom stereocenters. The van der Waals surface area contributed by atoms with Gasteiger partial charge in [-0.05, 0) is 80.6 Å². The first kappa shape index (κ1) is 18.8. The normalized spacial score (nSPS) is 10.9. The molecule has 1 heterocycles. The van der Waals surface area contributed by atoms with Crippen LogP contribution in [0.3, 0.4) is 0 Å². The zero-order chi connectivity index (χ0) is 19.6. The number of anilines is 2. The minimum atomic E-state index is -0.462. The van der Waals surface area contributed by atoms with E-state index in [-0.39, 0.29) is 5.69 Å². The molecule has 0 fully saturated rings. The Morgan fingerprint density at radius 2 is 1.56 bits per heavy atom. The number of ether oxygens (including phenoxy) is 1. The summed E-state index contributed by atoms with van der Waals surface area (Å²) in [5, 5.41) is 3.25. The van der Waals surface area contributed by atoms with Gasteiger partial charge in [0, 0.05) is 5.69 Å². The first-order valence-corrected chi connectivity index (χ1v) is 9.19. The molecule has 1 N–H and O–H groups in total. The van der Waals surface area contributed by atoms with Gasteiger partial charge in [-0.1, -0.05) is 13.0 Å². The van der Waals surface area contributed by atoms with E-state index >= 15 is 0 Å².